The predicted octanol–water partition coefficient (Wildman–Crippen LogP) is 0.685. The van der Waals surface area contributed by atoms with Gasteiger partial charge in [0.25, 0.3) is 0 Å². The molecular weight excluding hydrogens is 704 g/mol. The standard InChI is InChI=1S/C40H70O14/c1-19(2)21(11-14-51-36-34(32(48)27(45)17-52-36)54-37-33(50-6)31(47)26(44)18-53-37)8-7-20(3)22-15-24(42)35-38(22,4)13-10-28-39(5)12-9-23(41)30(46)29(39)25(43)16-40(28,35)49/h19-37,41-49H,7-18H2,1-6H3/t20-,21-,22-,23+,24-,25+,26-,27-,28-,29+,30+,31+,32+,33-,34-,35-,36-,37+,38-,39-,40+/m1/s1. The molecule has 4 aliphatic carbocycles. The summed E-state index contributed by atoms with van der Waals surface area (Å²) in [5.74, 6) is -0.0379. The first kappa shape index (κ1) is 43.0. The average Bonchev–Trinajstić information content (AvgIpc) is 3.39. The lowest BCUT2D eigenvalue weighted by Crippen LogP contribution is -2.70. The fourth-order valence-electron chi connectivity index (χ4n) is 12.7. The van der Waals surface area contributed by atoms with E-state index in [1.165, 1.54) is 7.11 Å². The number of aliphatic hydroxyl groups is 9. The molecule has 6 aliphatic rings. The van der Waals surface area contributed by atoms with Crippen LogP contribution >= 0.6 is 0 Å². The SMILES string of the molecule is CO[C@H]1[C@H](O[C@H]2[C@H](OCC[C@@H](CC[C@@H](C)[C@H]3C[C@@H](O)[C@@H]4[C@]3(C)CC[C@@H]3[C@@]5(C)CC[C@H](O)[C@H](O)[C@@H]5[C@@H](O)C[C@]34O)C(C)C)OC[C@@H](O)[C@@H]2O)OC[C@@H](O)[C@@H]1O. The molecule has 14 nitrogen and oxygen atoms in total. The molecule has 6 fully saturated rings. The second-order valence-corrected chi connectivity index (χ2v) is 18.9. The van der Waals surface area contributed by atoms with Crippen molar-refractivity contribution in [3.05, 3.63) is 0 Å². The molecule has 9 N–H and O–H groups in total. The number of hydrogen-bond donors (Lipinski definition) is 9. The van der Waals surface area contributed by atoms with Gasteiger partial charge < -0.3 is 69.6 Å². The van der Waals surface area contributed by atoms with Gasteiger partial charge >= 0.3 is 0 Å². The summed E-state index contributed by atoms with van der Waals surface area (Å²) in [5.41, 5.74) is -2.14. The molecule has 6 rings (SSSR count). The minimum atomic E-state index is -1.35. The maximum atomic E-state index is 12.6. The molecule has 2 aliphatic heterocycles. The van der Waals surface area contributed by atoms with Gasteiger partial charge in [0.2, 0.25) is 0 Å². The average molecular weight is 775 g/mol. The molecular formula is C40H70O14. The first-order valence-electron chi connectivity index (χ1n) is 20.6. The normalized spacial score (nSPS) is 52.0. The highest BCUT2D eigenvalue weighted by Crippen LogP contribution is 2.70. The van der Waals surface area contributed by atoms with Crippen LogP contribution in [0.5, 0.6) is 0 Å². The maximum absolute atomic E-state index is 12.6. The number of ether oxygens (including phenoxy) is 5. The fraction of sp³-hybridized carbons (Fsp3) is 1.00. The van der Waals surface area contributed by atoms with Gasteiger partial charge in [-0.3, -0.25) is 0 Å². The summed E-state index contributed by atoms with van der Waals surface area (Å²) in [7, 11) is 1.35. The third kappa shape index (κ3) is 7.58. The van der Waals surface area contributed by atoms with E-state index >= 15 is 0 Å². The number of methoxy groups -OCH3 is 1. The van der Waals surface area contributed by atoms with Crippen LogP contribution in [0, 0.1) is 52.3 Å². The molecule has 0 aromatic rings. The topological polar surface area (TPSA) is 228 Å². The Morgan fingerprint density at radius 1 is 0.704 bits per heavy atom. The van der Waals surface area contributed by atoms with Crippen LogP contribution in [-0.4, -0.2) is 152 Å². The molecule has 4 saturated carbocycles. The highest BCUT2D eigenvalue weighted by atomic mass is 16.8. The van der Waals surface area contributed by atoms with Gasteiger partial charge in [0, 0.05) is 25.4 Å². The lowest BCUT2D eigenvalue weighted by molar-refractivity contribution is -0.345. The number of fused-ring (bicyclic) bond motifs is 5. The summed E-state index contributed by atoms with van der Waals surface area (Å²) in [6.45, 7) is 10.9. The van der Waals surface area contributed by atoms with Gasteiger partial charge in [0.05, 0.1) is 49.8 Å². The summed E-state index contributed by atoms with van der Waals surface area (Å²) < 4.78 is 28.8. The van der Waals surface area contributed by atoms with Crippen LogP contribution in [0.1, 0.15) is 92.4 Å². The first-order chi connectivity index (χ1) is 25.4. The van der Waals surface area contributed by atoms with Crippen LogP contribution in [-0.2, 0) is 23.7 Å². The van der Waals surface area contributed by atoms with E-state index in [-0.39, 0.29) is 48.7 Å². The Kier molecular flexibility index (Phi) is 13.2. The van der Waals surface area contributed by atoms with Crippen LogP contribution in [0.3, 0.4) is 0 Å². The second-order valence-electron chi connectivity index (χ2n) is 18.9. The van der Waals surface area contributed by atoms with Gasteiger partial charge in [-0.2, -0.15) is 0 Å². The second kappa shape index (κ2) is 16.6. The van der Waals surface area contributed by atoms with Crippen molar-refractivity contribution in [3.8, 4) is 0 Å². The molecule has 0 spiro atoms. The van der Waals surface area contributed by atoms with E-state index in [9.17, 15) is 46.0 Å². The number of hydrogen-bond acceptors (Lipinski definition) is 14. The van der Waals surface area contributed by atoms with Crippen LogP contribution in [0.15, 0.2) is 0 Å². The van der Waals surface area contributed by atoms with Crippen molar-refractivity contribution >= 4 is 0 Å². The van der Waals surface area contributed by atoms with Crippen molar-refractivity contribution in [1.82, 2.24) is 0 Å². The van der Waals surface area contributed by atoms with Crippen molar-refractivity contribution in [1.29, 1.82) is 0 Å². The molecule has 21 atom stereocenters. The van der Waals surface area contributed by atoms with E-state index in [0.717, 1.165) is 25.7 Å². The molecule has 14 heteroatoms. The summed E-state index contributed by atoms with van der Waals surface area (Å²) in [4.78, 5) is 0. The van der Waals surface area contributed by atoms with Gasteiger partial charge in [-0.15, -0.1) is 0 Å². The molecule has 2 heterocycles. The molecule has 0 unspecified atom stereocenters. The van der Waals surface area contributed by atoms with E-state index in [0.29, 0.717) is 38.2 Å². The van der Waals surface area contributed by atoms with Crippen molar-refractivity contribution in [2.24, 2.45) is 52.3 Å². The minimum absolute atomic E-state index is 0.0911. The molecule has 314 valence electrons. The molecule has 0 aromatic heterocycles. The Morgan fingerprint density at radius 2 is 1.33 bits per heavy atom. The molecule has 0 bridgehead atoms. The van der Waals surface area contributed by atoms with Crippen LogP contribution in [0.25, 0.3) is 0 Å². The van der Waals surface area contributed by atoms with E-state index in [1.54, 1.807) is 0 Å². The summed E-state index contributed by atoms with van der Waals surface area (Å²) >= 11 is 0. The molecule has 0 amide bonds. The van der Waals surface area contributed by atoms with Crippen LogP contribution in [0.2, 0.25) is 0 Å². The van der Waals surface area contributed by atoms with Gasteiger partial charge in [-0.25, -0.2) is 0 Å². The predicted molar refractivity (Wildman–Crippen MR) is 193 cm³/mol. The molecule has 54 heavy (non-hydrogen) atoms. The summed E-state index contributed by atoms with van der Waals surface area (Å²) in [6, 6.07) is 0. The number of aliphatic hydroxyl groups excluding tert-OH is 8. The van der Waals surface area contributed by atoms with Gasteiger partial charge in [-0.1, -0.05) is 41.0 Å². The third-order valence-electron chi connectivity index (χ3n) is 15.6. The number of rotatable bonds is 12. The highest BCUT2D eigenvalue weighted by molar-refractivity contribution is 5.21. The molecule has 2 saturated heterocycles. The smallest absolute Gasteiger partial charge is 0.187 e. The monoisotopic (exact) mass is 774 g/mol. The maximum Gasteiger partial charge on any atom is 0.187 e. The Bertz CT molecular complexity index is 1240. The Morgan fingerprint density at radius 3 is 1.98 bits per heavy atom. The van der Waals surface area contributed by atoms with Crippen molar-refractivity contribution in [3.63, 3.8) is 0 Å². The van der Waals surface area contributed by atoms with Gasteiger partial charge in [0.1, 0.15) is 36.6 Å². The lowest BCUT2D eigenvalue weighted by Gasteiger charge is -2.66. The van der Waals surface area contributed by atoms with E-state index in [2.05, 4.69) is 34.6 Å². The third-order valence-corrected chi connectivity index (χ3v) is 15.6. The van der Waals surface area contributed by atoms with E-state index in [1.807, 2.05) is 0 Å². The quantitative estimate of drug-likeness (QED) is 0.133. The van der Waals surface area contributed by atoms with Crippen molar-refractivity contribution in [2.75, 3.05) is 26.9 Å². The zero-order chi connectivity index (χ0) is 39.5. The first-order valence-corrected chi connectivity index (χ1v) is 20.6. The Balaban J connectivity index is 1.07. The minimum Gasteiger partial charge on any atom is -0.393 e. The Hall–Kier alpha value is -0.560. The zero-order valence-electron chi connectivity index (χ0n) is 33.0. The lowest BCUT2D eigenvalue weighted by atomic mass is 9.41. The fourth-order valence-corrected chi connectivity index (χ4v) is 12.7. The highest BCUT2D eigenvalue weighted by Gasteiger charge is 2.71. The van der Waals surface area contributed by atoms with Crippen LogP contribution in [0.4, 0.5) is 0 Å². The Labute approximate surface area is 320 Å². The molecule has 0 aromatic carbocycles. The largest absolute Gasteiger partial charge is 0.393 e. The molecule has 0 radical (unpaired) electrons. The van der Waals surface area contributed by atoms with E-state index < -0.39 is 96.5 Å². The zero-order valence-corrected chi connectivity index (χ0v) is 33.0. The van der Waals surface area contributed by atoms with Crippen LogP contribution < -0.4 is 0 Å². The van der Waals surface area contributed by atoms with Gasteiger partial charge in [0.15, 0.2) is 12.6 Å². The van der Waals surface area contributed by atoms with Crippen molar-refractivity contribution in [2.45, 2.75) is 172 Å². The van der Waals surface area contributed by atoms with Gasteiger partial charge in [-0.05, 0) is 85.4 Å². The summed E-state index contributed by atoms with van der Waals surface area (Å²) in [6.07, 6.45) is -7.08. The van der Waals surface area contributed by atoms with Crippen molar-refractivity contribution < 1.29 is 69.6 Å². The summed E-state index contributed by atoms with van der Waals surface area (Å²) in [5, 5.41) is 98.9. The van der Waals surface area contributed by atoms with E-state index in [4.69, 9.17) is 23.7 Å².